The first kappa shape index (κ1) is 24.0. The summed E-state index contributed by atoms with van der Waals surface area (Å²) in [7, 11) is -3.87. The summed E-state index contributed by atoms with van der Waals surface area (Å²) in [6.07, 6.45) is -1.59. The quantitative estimate of drug-likeness (QED) is 0.417. The van der Waals surface area contributed by atoms with Gasteiger partial charge in [0.1, 0.15) is 11.5 Å². The van der Waals surface area contributed by atoms with Gasteiger partial charge in [0.05, 0.1) is 17.9 Å². The van der Waals surface area contributed by atoms with Crippen molar-refractivity contribution in [3.8, 4) is 11.5 Å². The molecule has 0 bridgehead atoms. The van der Waals surface area contributed by atoms with Crippen molar-refractivity contribution in [3.63, 3.8) is 0 Å². The molecule has 1 aromatic heterocycles. The van der Waals surface area contributed by atoms with Crippen LogP contribution in [0.2, 0.25) is 0 Å². The molecule has 1 saturated heterocycles. The third-order valence-corrected chi connectivity index (χ3v) is 7.40. The molecular weight excluding hydrogens is 471 g/mol. The number of furan rings is 1. The fourth-order valence-corrected chi connectivity index (χ4v) is 5.51. The van der Waals surface area contributed by atoms with Gasteiger partial charge in [0.2, 0.25) is 5.09 Å². The first-order chi connectivity index (χ1) is 16.1. The molecule has 1 aliphatic rings. The van der Waals surface area contributed by atoms with Crippen LogP contribution in [0.15, 0.2) is 76.4 Å². The van der Waals surface area contributed by atoms with Gasteiger partial charge in [-0.1, -0.05) is 12.1 Å². The van der Waals surface area contributed by atoms with Crippen LogP contribution in [-0.4, -0.2) is 31.1 Å². The molecule has 2 heterocycles. The molecule has 0 amide bonds. The molecule has 1 fully saturated rings. The van der Waals surface area contributed by atoms with Crippen molar-refractivity contribution in [2.24, 2.45) is 0 Å². The van der Waals surface area contributed by atoms with Crippen molar-refractivity contribution in [2.45, 2.75) is 43.0 Å². The van der Waals surface area contributed by atoms with Gasteiger partial charge in [-0.3, -0.25) is 4.79 Å². The largest absolute Gasteiger partial charge is 0.457 e. The van der Waals surface area contributed by atoms with Gasteiger partial charge in [0.25, 0.3) is 10.0 Å². The van der Waals surface area contributed by atoms with Crippen LogP contribution < -0.4 is 4.74 Å². The minimum atomic E-state index is -4.42. The van der Waals surface area contributed by atoms with E-state index in [-0.39, 0.29) is 29.6 Å². The van der Waals surface area contributed by atoms with Crippen LogP contribution in [0.5, 0.6) is 11.5 Å². The van der Waals surface area contributed by atoms with E-state index in [0.29, 0.717) is 25.0 Å². The Labute approximate surface area is 195 Å². The molecule has 180 valence electrons. The Morgan fingerprint density at radius 1 is 1.06 bits per heavy atom. The lowest BCUT2D eigenvalue weighted by Gasteiger charge is -2.21. The molecule has 34 heavy (non-hydrogen) atoms. The molecular formula is C24H22F3NO5S. The summed E-state index contributed by atoms with van der Waals surface area (Å²) in [6.45, 7) is 0.260. The molecule has 6 nitrogen and oxygen atoms in total. The Bertz CT molecular complexity index is 1240. The Hall–Kier alpha value is -3.11. The molecule has 0 spiro atoms. The molecule has 2 aromatic carbocycles. The number of carbonyl (C=O) groups excluding carboxylic acids is 1. The lowest BCUT2D eigenvalue weighted by Crippen LogP contribution is -2.40. The third-order valence-electron chi connectivity index (χ3n) is 5.61. The molecule has 0 radical (unpaired) electrons. The minimum Gasteiger partial charge on any atom is -0.457 e. The number of ether oxygens (including phenoxy) is 1. The van der Waals surface area contributed by atoms with E-state index in [0.717, 1.165) is 17.7 Å². The highest BCUT2D eigenvalue weighted by Gasteiger charge is 2.40. The van der Waals surface area contributed by atoms with Gasteiger partial charge in [0, 0.05) is 13.0 Å². The van der Waals surface area contributed by atoms with Crippen LogP contribution in [0.4, 0.5) is 13.2 Å². The van der Waals surface area contributed by atoms with E-state index in [9.17, 15) is 26.4 Å². The van der Waals surface area contributed by atoms with Gasteiger partial charge < -0.3 is 9.15 Å². The Morgan fingerprint density at radius 2 is 1.82 bits per heavy atom. The van der Waals surface area contributed by atoms with E-state index in [1.807, 2.05) is 0 Å². The zero-order valence-corrected chi connectivity index (χ0v) is 18.8. The van der Waals surface area contributed by atoms with Crippen molar-refractivity contribution >= 4 is 15.8 Å². The maximum absolute atomic E-state index is 12.9. The Balaban J connectivity index is 1.38. The van der Waals surface area contributed by atoms with Crippen LogP contribution in [0.25, 0.3) is 0 Å². The normalized spacial score (nSPS) is 17.1. The predicted octanol–water partition coefficient (Wildman–Crippen LogP) is 5.45. The number of rotatable bonds is 8. The van der Waals surface area contributed by atoms with E-state index in [2.05, 4.69) is 0 Å². The Kier molecular flexibility index (Phi) is 6.81. The highest BCUT2D eigenvalue weighted by molar-refractivity contribution is 7.89. The van der Waals surface area contributed by atoms with Crippen LogP contribution in [-0.2, 0) is 27.4 Å². The van der Waals surface area contributed by atoms with E-state index < -0.39 is 27.8 Å². The van der Waals surface area contributed by atoms with Gasteiger partial charge in [-0.05, 0) is 73.4 Å². The molecule has 0 N–H and O–H groups in total. The second kappa shape index (κ2) is 9.63. The average molecular weight is 494 g/mol. The number of alkyl halides is 3. The van der Waals surface area contributed by atoms with Crippen LogP contribution in [0.3, 0.4) is 0 Å². The summed E-state index contributed by atoms with van der Waals surface area (Å²) in [5, 5.41) is -0.180. The van der Waals surface area contributed by atoms with Crippen LogP contribution in [0.1, 0.15) is 30.4 Å². The highest BCUT2D eigenvalue weighted by atomic mass is 32.2. The number of sulfonamides is 1. The number of nitrogens with zero attached hydrogens (tertiary/aromatic N) is 1. The number of Topliss-reactive ketones (excluding diaryl/α,β-unsaturated/α-hetero) is 1. The number of benzene rings is 2. The number of ketones is 1. The number of halogens is 3. The average Bonchev–Trinajstić information content (AvgIpc) is 3.50. The molecule has 1 aliphatic heterocycles. The van der Waals surface area contributed by atoms with E-state index in [1.54, 1.807) is 24.3 Å². The van der Waals surface area contributed by atoms with Gasteiger partial charge in [-0.15, -0.1) is 0 Å². The molecule has 0 saturated carbocycles. The second-order valence-corrected chi connectivity index (χ2v) is 9.77. The summed E-state index contributed by atoms with van der Waals surface area (Å²) in [4.78, 5) is 12.9. The zero-order chi connectivity index (χ0) is 24.3. The predicted molar refractivity (Wildman–Crippen MR) is 117 cm³/mol. The topological polar surface area (TPSA) is 76.8 Å². The highest BCUT2D eigenvalue weighted by Crippen LogP contribution is 2.32. The molecule has 0 unspecified atom stereocenters. The first-order valence-electron chi connectivity index (χ1n) is 10.7. The zero-order valence-electron chi connectivity index (χ0n) is 18.0. The number of carbonyl (C=O) groups is 1. The number of hydrogen-bond acceptors (Lipinski definition) is 5. The smallest absolute Gasteiger partial charge is 0.416 e. The van der Waals surface area contributed by atoms with E-state index >= 15 is 0 Å². The summed E-state index contributed by atoms with van der Waals surface area (Å²) in [5.74, 6) is 0.500. The van der Waals surface area contributed by atoms with Crippen molar-refractivity contribution in [1.29, 1.82) is 0 Å². The van der Waals surface area contributed by atoms with Crippen molar-refractivity contribution in [2.75, 3.05) is 6.54 Å². The van der Waals surface area contributed by atoms with Gasteiger partial charge in [-0.2, -0.15) is 17.5 Å². The molecule has 10 heteroatoms. The van der Waals surface area contributed by atoms with Crippen molar-refractivity contribution < 1.29 is 35.5 Å². The van der Waals surface area contributed by atoms with Crippen molar-refractivity contribution in [1.82, 2.24) is 4.31 Å². The number of hydrogen-bond donors (Lipinski definition) is 0. The van der Waals surface area contributed by atoms with E-state index in [1.165, 1.54) is 34.8 Å². The number of aryl methyl sites for hydroxylation is 1. The maximum atomic E-state index is 12.9. The maximum Gasteiger partial charge on any atom is 0.416 e. The molecule has 3 aromatic rings. The third kappa shape index (κ3) is 5.34. The lowest BCUT2D eigenvalue weighted by atomic mass is 10.0. The SMILES string of the molecule is O=C(CCc1cccc(Oc2ccc(C(F)(F)F)cc2)c1)[C@@H]1CCCN1S(=O)(=O)c1ccco1. The fraction of sp³-hybridized carbons (Fsp3) is 0.292. The van der Waals surface area contributed by atoms with Crippen LogP contribution >= 0.6 is 0 Å². The van der Waals surface area contributed by atoms with Gasteiger partial charge >= 0.3 is 6.18 Å². The minimum absolute atomic E-state index is 0.137. The first-order valence-corrected chi connectivity index (χ1v) is 12.1. The van der Waals surface area contributed by atoms with E-state index in [4.69, 9.17) is 9.15 Å². The molecule has 4 rings (SSSR count). The van der Waals surface area contributed by atoms with Crippen molar-refractivity contribution in [3.05, 3.63) is 78.1 Å². The monoisotopic (exact) mass is 493 g/mol. The second-order valence-electron chi connectivity index (χ2n) is 7.94. The van der Waals surface area contributed by atoms with Gasteiger partial charge in [0.15, 0.2) is 5.78 Å². The molecule has 0 aliphatic carbocycles. The van der Waals surface area contributed by atoms with Crippen LogP contribution in [0, 0.1) is 0 Å². The summed E-state index contributed by atoms with van der Waals surface area (Å²) < 4.78 is 75.6. The standard InChI is InChI=1S/C24H22F3NO5S/c25-24(26,27)18-9-11-19(12-10-18)33-20-5-1-4-17(16-20)8-13-22(29)21-6-2-14-28(21)34(30,31)23-7-3-15-32-23/h1,3-5,7,9-12,15-16,21H,2,6,8,13-14H2/t21-/m0/s1. The molecule has 1 atom stereocenters. The fourth-order valence-electron chi connectivity index (χ4n) is 3.92. The summed E-state index contributed by atoms with van der Waals surface area (Å²) in [6, 6.07) is 13.4. The summed E-state index contributed by atoms with van der Waals surface area (Å²) >= 11 is 0. The lowest BCUT2D eigenvalue weighted by molar-refractivity contribution is -0.137. The van der Waals surface area contributed by atoms with Gasteiger partial charge in [-0.25, -0.2) is 8.42 Å². The Morgan fingerprint density at radius 3 is 2.50 bits per heavy atom. The summed E-state index contributed by atoms with van der Waals surface area (Å²) in [5.41, 5.74) is 0.0262.